The quantitative estimate of drug-likeness (QED) is 0.458. The molecule has 2 heterocycles. The van der Waals surface area contributed by atoms with E-state index in [0.29, 0.717) is 29.8 Å². The lowest BCUT2D eigenvalue weighted by Gasteiger charge is -2.30. The highest BCUT2D eigenvalue weighted by atomic mass is 16.1. The molecule has 7 heteroatoms. The van der Waals surface area contributed by atoms with Crippen molar-refractivity contribution in [1.82, 2.24) is 25.1 Å². The summed E-state index contributed by atoms with van der Waals surface area (Å²) < 4.78 is 1.65. The number of aromatic amines is 1. The molecule has 1 fully saturated rings. The van der Waals surface area contributed by atoms with Gasteiger partial charge in [-0.3, -0.25) is 9.59 Å². The third-order valence-corrected chi connectivity index (χ3v) is 6.65. The molecule has 0 unspecified atom stereocenters. The number of aryl methyl sites for hydroxylation is 1. The number of nitrogens with one attached hydrogen (secondary N) is 2. The van der Waals surface area contributed by atoms with Gasteiger partial charge in [0.05, 0.1) is 11.9 Å². The van der Waals surface area contributed by atoms with Crippen LogP contribution in [0, 0.1) is 0 Å². The van der Waals surface area contributed by atoms with Gasteiger partial charge in [-0.15, -0.1) is 0 Å². The van der Waals surface area contributed by atoms with Crippen molar-refractivity contribution in [3.63, 3.8) is 0 Å². The van der Waals surface area contributed by atoms with Crippen LogP contribution in [0.5, 0.6) is 0 Å². The number of rotatable bonds is 7. The van der Waals surface area contributed by atoms with Crippen molar-refractivity contribution < 1.29 is 4.79 Å². The summed E-state index contributed by atoms with van der Waals surface area (Å²) in [6.45, 7) is 0.638. The van der Waals surface area contributed by atoms with Crippen LogP contribution in [-0.2, 0) is 16.6 Å². The van der Waals surface area contributed by atoms with E-state index >= 15 is 0 Å². The maximum atomic E-state index is 12.7. The summed E-state index contributed by atoms with van der Waals surface area (Å²) in [4.78, 5) is 32.6. The zero-order valence-electron chi connectivity index (χ0n) is 18.5. The molecule has 0 aliphatic heterocycles. The molecule has 1 aliphatic rings. The second kappa shape index (κ2) is 9.02. The number of hydrogen-bond donors (Lipinski definition) is 2. The number of fused-ring (bicyclic) bond motifs is 1. The topological polar surface area (TPSA) is 92.7 Å². The smallest absolute Gasteiger partial charge is 0.262 e. The largest absolute Gasteiger partial charge is 0.355 e. The van der Waals surface area contributed by atoms with Gasteiger partial charge in [0, 0.05) is 24.8 Å². The predicted molar refractivity (Wildman–Crippen MR) is 127 cm³/mol. The van der Waals surface area contributed by atoms with Gasteiger partial charge in [-0.25, -0.2) is 9.67 Å². The fraction of sp³-hybridized carbons (Fsp3) is 0.308. The van der Waals surface area contributed by atoms with Crippen LogP contribution in [0.4, 0.5) is 0 Å². The predicted octanol–water partition coefficient (Wildman–Crippen LogP) is 3.67. The average molecular weight is 442 g/mol. The minimum Gasteiger partial charge on any atom is -0.355 e. The van der Waals surface area contributed by atoms with Crippen molar-refractivity contribution in [2.45, 2.75) is 43.9 Å². The third-order valence-electron chi connectivity index (χ3n) is 6.65. The van der Waals surface area contributed by atoms with Crippen molar-refractivity contribution in [2.75, 3.05) is 6.54 Å². The molecule has 7 nitrogen and oxygen atoms in total. The van der Waals surface area contributed by atoms with Crippen LogP contribution in [0.15, 0.2) is 71.7 Å². The molecule has 0 bridgehead atoms. The minimum absolute atomic E-state index is 0.0184. The molecule has 2 aromatic heterocycles. The van der Waals surface area contributed by atoms with Crippen LogP contribution in [0.2, 0.25) is 0 Å². The van der Waals surface area contributed by atoms with E-state index in [1.165, 1.54) is 24.6 Å². The molecule has 0 radical (unpaired) electrons. The lowest BCUT2D eigenvalue weighted by molar-refractivity contribution is -0.121. The van der Waals surface area contributed by atoms with Gasteiger partial charge in [0.1, 0.15) is 11.2 Å². The first-order chi connectivity index (χ1) is 16.1. The van der Waals surface area contributed by atoms with E-state index in [2.05, 4.69) is 44.6 Å². The van der Waals surface area contributed by atoms with E-state index < -0.39 is 0 Å². The molecule has 1 aliphatic carbocycles. The monoisotopic (exact) mass is 441 g/mol. The Kier molecular flexibility index (Phi) is 5.77. The molecule has 0 atom stereocenters. The maximum Gasteiger partial charge on any atom is 0.262 e. The number of H-pyrrole nitrogens is 1. The van der Waals surface area contributed by atoms with Gasteiger partial charge in [0.25, 0.3) is 5.56 Å². The van der Waals surface area contributed by atoms with Crippen molar-refractivity contribution in [2.24, 2.45) is 0 Å². The van der Waals surface area contributed by atoms with Gasteiger partial charge < -0.3 is 10.3 Å². The van der Waals surface area contributed by atoms with Gasteiger partial charge in [-0.05, 0) is 30.5 Å². The van der Waals surface area contributed by atoms with Gasteiger partial charge in [0.2, 0.25) is 5.91 Å². The zero-order chi connectivity index (χ0) is 22.7. The molecule has 168 valence electrons. The molecule has 0 spiro atoms. The van der Waals surface area contributed by atoms with Crippen LogP contribution in [-0.4, -0.2) is 32.2 Å². The van der Waals surface area contributed by atoms with E-state index in [0.717, 1.165) is 18.5 Å². The molecule has 2 N–H and O–H groups in total. The molecule has 1 saturated carbocycles. The highest BCUT2D eigenvalue weighted by Crippen LogP contribution is 2.40. The normalized spacial score (nSPS) is 15.0. The Balaban J connectivity index is 1.28. The summed E-state index contributed by atoms with van der Waals surface area (Å²) in [6, 6.07) is 20.1. The number of aromatic nitrogens is 4. The molecule has 1 amide bonds. The fourth-order valence-electron chi connectivity index (χ4n) is 4.84. The Bertz CT molecular complexity index is 1310. The number of hydrogen-bond acceptors (Lipinski definition) is 4. The molecular weight excluding hydrogens is 414 g/mol. The molecule has 5 rings (SSSR count). The summed E-state index contributed by atoms with van der Waals surface area (Å²) in [5.74, 6) is 0.454. The first kappa shape index (κ1) is 21.1. The SMILES string of the molecule is O=C(CCc1nc2c(cnn2-c2ccccc2)c(=O)[nH]1)NCC1(c2ccccc2)CCCC1. The summed E-state index contributed by atoms with van der Waals surface area (Å²) in [6.07, 6.45) is 6.69. The van der Waals surface area contributed by atoms with Crippen LogP contribution in [0.25, 0.3) is 16.7 Å². The van der Waals surface area contributed by atoms with Crippen molar-refractivity contribution >= 4 is 16.9 Å². The highest BCUT2D eigenvalue weighted by Gasteiger charge is 2.35. The lowest BCUT2D eigenvalue weighted by atomic mass is 9.79. The van der Waals surface area contributed by atoms with Gasteiger partial charge in [0.15, 0.2) is 5.65 Å². The van der Waals surface area contributed by atoms with Crippen LogP contribution in [0.1, 0.15) is 43.5 Å². The van der Waals surface area contributed by atoms with E-state index in [-0.39, 0.29) is 23.3 Å². The Morgan fingerprint density at radius 2 is 1.73 bits per heavy atom. The van der Waals surface area contributed by atoms with Crippen molar-refractivity contribution in [1.29, 1.82) is 0 Å². The second-order valence-corrected chi connectivity index (χ2v) is 8.77. The number of carbonyl (C=O) groups is 1. The Labute approximate surface area is 191 Å². The van der Waals surface area contributed by atoms with Crippen molar-refractivity contribution in [3.8, 4) is 5.69 Å². The van der Waals surface area contributed by atoms with Gasteiger partial charge >= 0.3 is 0 Å². The molecule has 2 aromatic carbocycles. The Morgan fingerprint density at radius 1 is 1.03 bits per heavy atom. The van der Waals surface area contributed by atoms with Gasteiger partial charge in [-0.2, -0.15) is 5.10 Å². The molecular formula is C26H27N5O2. The van der Waals surface area contributed by atoms with E-state index in [4.69, 9.17) is 0 Å². The number of nitrogens with zero attached hydrogens (tertiary/aromatic N) is 3. The fourth-order valence-corrected chi connectivity index (χ4v) is 4.84. The van der Waals surface area contributed by atoms with Gasteiger partial charge in [-0.1, -0.05) is 61.4 Å². The summed E-state index contributed by atoms with van der Waals surface area (Å²) >= 11 is 0. The summed E-state index contributed by atoms with van der Waals surface area (Å²) in [5, 5.41) is 7.90. The van der Waals surface area contributed by atoms with E-state index in [9.17, 15) is 9.59 Å². The minimum atomic E-state index is -0.244. The number of benzene rings is 2. The summed E-state index contributed by atoms with van der Waals surface area (Å²) in [7, 11) is 0. The third kappa shape index (κ3) is 4.31. The van der Waals surface area contributed by atoms with E-state index in [1.807, 2.05) is 36.4 Å². The van der Waals surface area contributed by atoms with Crippen LogP contribution >= 0.6 is 0 Å². The number of carbonyl (C=O) groups excluding carboxylic acids is 1. The maximum absolute atomic E-state index is 12.7. The standard InChI is InChI=1S/C26H27N5O2/c32-23(27-18-26(15-7-8-16-26)19-9-3-1-4-10-19)14-13-22-29-24-21(25(33)30-22)17-28-31(24)20-11-5-2-6-12-20/h1-6,9-12,17H,7-8,13-16,18H2,(H,27,32)(H,29,30,33). The number of para-hydroxylation sites is 1. The van der Waals surface area contributed by atoms with Crippen molar-refractivity contribution in [3.05, 3.63) is 88.6 Å². The molecule has 33 heavy (non-hydrogen) atoms. The Morgan fingerprint density at radius 3 is 2.45 bits per heavy atom. The first-order valence-electron chi connectivity index (χ1n) is 11.5. The molecule has 0 saturated heterocycles. The Hall–Kier alpha value is -3.74. The average Bonchev–Trinajstić information content (AvgIpc) is 3.51. The van der Waals surface area contributed by atoms with E-state index in [1.54, 1.807) is 4.68 Å². The highest BCUT2D eigenvalue weighted by molar-refractivity contribution is 5.77. The van der Waals surface area contributed by atoms with Crippen LogP contribution < -0.4 is 10.9 Å². The lowest BCUT2D eigenvalue weighted by Crippen LogP contribution is -2.39. The second-order valence-electron chi connectivity index (χ2n) is 8.77. The van der Waals surface area contributed by atoms with Crippen LogP contribution in [0.3, 0.4) is 0 Å². The molecule has 4 aromatic rings. The first-order valence-corrected chi connectivity index (χ1v) is 11.5. The zero-order valence-corrected chi connectivity index (χ0v) is 18.5. The number of amides is 1. The summed E-state index contributed by atoms with van der Waals surface area (Å²) in [5.41, 5.74) is 2.40.